The molecule has 0 saturated carbocycles. The van der Waals surface area contributed by atoms with Gasteiger partial charge in [0.1, 0.15) is 21.9 Å². The van der Waals surface area contributed by atoms with Gasteiger partial charge in [0.2, 0.25) is 10.0 Å². The number of hydrogen-bond acceptors (Lipinski definition) is 6. The molecule has 1 aliphatic rings. The van der Waals surface area contributed by atoms with Gasteiger partial charge in [0.25, 0.3) is 0 Å². The first-order valence-corrected chi connectivity index (χ1v) is 11.1. The van der Waals surface area contributed by atoms with Crippen molar-refractivity contribution in [1.82, 2.24) is 14.3 Å². The molecule has 3 heterocycles. The Labute approximate surface area is 153 Å². The summed E-state index contributed by atoms with van der Waals surface area (Å²) in [5, 5.41) is 3.99. The molecular formula is C17H26N4O2S2. The van der Waals surface area contributed by atoms with Crippen molar-refractivity contribution in [2.45, 2.75) is 57.9 Å². The monoisotopic (exact) mass is 382 g/mol. The fourth-order valence-corrected chi connectivity index (χ4v) is 6.28. The Morgan fingerprint density at radius 3 is 2.68 bits per heavy atom. The fraction of sp³-hybridized carbons (Fsp3) is 0.647. The molecule has 0 spiro atoms. The van der Waals surface area contributed by atoms with Crippen molar-refractivity contribution < 1.29 is 8.42 Å². The third-order valence-corrected chi connectivity index (χ3v) is 8.16. The minimum Gasteiger partial charge on any atom is -0.367 e. The molecule has 3 rings (SSSR count). The van der Waals surface area contributed by atoms with E-state index in [1.54, 1.807) is 4.31 Å². The Bertz CT molecular complexity index is 855. The number of thiophene rings is 1. The van der Waals surface area contributed by atoms with E-state index in [9.17, 15) is 8.42 Å². The summed E-state index contributed by atoms with van der Waals surface area (Å²) in [6.07, 6.45) is 4.26. The minimum atomic E-state index is -3.54. The minimum absolute atomic E-state index is 0.213. The number of rotatable bonds is 5. The van der Waals surface area contributed by atoms with Crippen LogP contribution in [0.15, 0.2) is 11.2 Å². The van der Waals surface area contributed by atoms with Gasteiger partial charge in [0.05, 0.1) is 5.39 Å². The molecule has 1 saturated heterocycles. The van der Waals surface area contributed by atoms with Gasteiger partial charge in [-0.25, -0.2) is 18.4 Å². The maximum Gasteiger partial charge on any atom is 0.244 e. The van der Waals surface area contributed by atoms with E-state index in [2.05, 4.69) is 36.1 Å². The van der Waals surface area contributed by atoms with Crippen LogP contribution in [0.2, 0.25) is 0 Å². The SMILES string of the molecule is CCC(C)Nc1ncnc2sc(C)c(S(=O)(=O)N3CCC(C)CC3)c12. The average molecular weight is 383 g/mol. The topological polar surface area (TPSA) is 75.2 Å². The molecule has 0 aliphatic carbocycles. The highest BCUT2D eigenvalue weighted by Gasteiger charge is 2.33. The van der Waals surface area contributed by atoms with Crippen LogP contribution in [0.1, 0.15) is 44.9 Å². The van der Waals surface area contributed by atoms with Gasteiger partial charge < -0.3 is 5.32 Å². The zero-order valence-corrected chi connectivity index (χ0v) is 16.9. The van der Waals surface area contributed by atoms with Crippen LogP contribution in [0.5, 0.6) is 0 Å². The van der Waals surface area contributed by atoms with Crippen molar-refractivity contribution in [3.05, 3.63) is 11.2 Å². The summed E-state index contributed by atoms with van der Waals surface area (Å²) in [5.41, 5.74) is 0. The van der Waals surface area contributed by atoms with E-state index in [1.165, 1.54) is 17.7 Å². The van der Waals surface area contributed by atoms with Crippen molar-refractivity contribution in [3.8, 4) is 0 Å². The van der Waals surface area contributed by atoms with Crippen LogP contribution in [0, 0.1) is 12.8 Å². The van der Waals surface area contributed by atoms with E-state index in [-0.39, 0.29) is 6.04 Å². The third-order valence-electron chi connectivity index (χ3n) is 4.95. The molecule has 2 aromatic rings. The Kier molecular flexibility index (Phi) is 5.31. The van der Waals surface area contributed by atoms with E-state index < -0.39 is 10.0 Å². The summed E-state index contributed by atoms with van der Waals surface area (Å²) < 4.78 is 28.3. The molecule has 8 heteroatoms. The Balaban J connectivity index is 2.10. The van der Waals surface area contributed by atoms with E-state index in [4.69, 9.17) is 0 Å². The molecule has 1 N–H and O–H groups in total. The quantitative estimate of drug-likeness (QED) is 0.855. The van der Waals surface area contributed by atoms with Crippen LogP contribution < -0.4 is 5.32 Å². The first kappa shape index (κ1) is 18.5. The van der Waals surface area contributed by atoms with Crippen LogP contribution in [0.4, 0.5) is 5.82 Å². The molecule has 1 aliphatic heterocycles. The highest BCUT2D eigenvalue weighted by atomic mass is 32.2. The summed E-state index contributed by atoms with van der Waals surface area (Å²) in [6, 6.07) is 0.213. The standard InChI is InChI=1S/C17H26N4O2S2/c1-5-12(3)20-16-14-15(13(4)24-17(14)19-10-18-16)25(22,23)21-8-6-11(2)7-9-21/h10-12H,5-9H2,1-4H3,(H,18,19,20). The molecule has 138 valence electrons. The molecule has 1 unspecified atom stereocenters. The Morgan fingerprint density at radius 1 is 1.36 bits per heavy atom. The summed E-state index contributed by atoms with van der Waals surface area (Å²) >= 11 is 1.42. The molecule has 6 nitrogen and oxygen atoms in total. The summed E-state index contributed by atoms with van der Waals surface area (Å²) in [5.74, 6) is 1.20. The molecular weight excluding hydrogens is 356 g/mol. The molecule has 0 bridgehead atoms. The first-order valence-electron chi connectivity index (χ1n) is 8.85. The second kappa shape index (κ2) is 7.17. The van der Waals surface area contributed by atoms with Crippen LogP contribution in [-0.2, 0) is 10.0 Å². The number of nitrogens with zero attached hydrogens (tertiary/aromatic N) is 3. The fourth-order valence-electron chi connectivity index (χ4n) is 3.13. The van der Waals surface area contributed by atoms with Gasteiger partial charge in [0.15, 0.2) is 0 Å². The van der Waals surface area contributed by atoms with Gasteiger partial charge in [-0.1, -0.05) is 13.8 Å². The molecule has 0 radical (unpaired) electrons. The van der Waals surface area contributed by atoms with Crippen molar-refractivity contribution >= 4 is 37.4 Å². The maximum absolute atomic E-state index is 13.3. The van der Waals surface area contributed by atoms with Crippen LogP contribution in [0.3, 0.4) is 0 Å². The summed E-state index contributed by atoms with van der Waals surface area (Å²) in [7, 11) is -3.54. The molecule has 0 amide bonds. The average Bonchev–Trinajstić information content (AvgIpc) is 2.92. The van der Waals surface area contributed by atoms with E-state index in [1.807, 2.05) is 6.92 Å². The van der Waals surface area contributed by atoms with E-state index >= 15 is 0 Å². The van der Waals surface area contributed by atoms with E-state index in [0.717, 1.165) is 29.0 Å². The second-order valence-corrected chi connectivity index (χ2v) is 10.0. The largest absolute Gasteiger partial charge is 0.367 e. The van der Waals surface area contributed by atoms with Crippen molar-refractivity contribution in [1.29, 1.82) is 0 Å². The zero-order chi connectivity index (χ0) is 18.2. The van der Waals surface area contributed by atoms with Crippen molar-refractivity contribution in [2.75, 3.05) is 18.4 Å². The summed E-state index contributed by atoms with van der Waals surface area (Å²) in [4.78, 5) is 10.5. The molecule has 1 atom stereocenters. The van der Waals surface area contributed by atoms with Crippen LogP contribution in [-0.4, -0.2) is 41.8 Å². The number of aryl methyl sites for hydroxylation is 1. The van der Waals surface area contributed by atoms with Gasteiger partial charge >= 0.3 is 0 Å². The molecule has 25 heavy (non-hydrogen) atoms. The van der Waals surface area contributed by atoms with Gasteiger partial charge in [0, 0.05) is 24.0 Å². The number of piperidine rings is 1. The number of nitrogens with one attached hydrogen (secondary N) is 1. The predicted molar refractivity (Wildman–Crippen MR) is 103 cm³/mol. The van der Waals surface area contributed by atoms with Gasteiger partial charge in [-0.3, -0.25) is 0 Å². The van der Waals surface area contributed by atoms with E-state index in [0.29, 0.717) is 35.1 Å². The number of fused-ring (bicyclic) bond motifs is 1. The Hall–Kier alpha value is -1.25. The molecule has 2 aromatic heterocycles. The molecule has 0 aromatic carbocycles. The highest BCUT2D eigenvalue weighted by Crippen LogP contribution is 2.39. The van der Waals surface area contributed by atoms with Crippen molar-refractivity contribution in [3.63, 3.8) is 0 Å². The lowest BCUT2D eigenvalue weighted by Crippen LogP contribution is -2.38. The van der Waals surface area contributed by atoms with Crippen LogP contribution >= 0.6 is 11.3 Å². The lowest BCUT2D eigenvalue weighted by Gasteiger charge is -2.29. The smallest absolute Gasteiger partial charge is 0.244 e. The lowest BCUT2D eigenvalue weighted by atomic mass is 10.0. The van der Waals surface area contributed by atoms with Crippen molar-refractivity contribution in [2.24, 2.45) is 5.92 Å². The highest BCUT2D eigenvalue weighted by molar-refractivity contribution is 7.89. The predicted octanol–water partition coefficient (Wildman–Crippen LogP) is 3.63. The molecule has 1 fully saturated rings. The normalized spacial score (nSPS) is 18.6. The second-order valence-electron chi connectivity index (χ2n) is 6.93. The van der Waals surface area contributed by atoms with Gasteiger partial charge in [-0.2, -0.15) is 4.31 Å². The van der Waals surface area contributed by atoms with Gasteiger partial charge in [-0.05, 0) is 39.0 Å². The Morgan fingerprint density at radius 2 is 2.04 bits per heavy atom. The lowest BCUT2D eigenvalue weighted by molar-refractivity contribution is 0.288. The maximum atomic E-state index is 13.3. The number of aromatic nitrogens is 2. The third kappa shape index (κ3) is 3.52. The zero-order valence-electron chi connectivity index (χ0n) is 15.2. The van der Waals surface area contributed by atoms with Gasteiger partial charge in [-0.15, -0.1) is 11.3 Å². The van der Waals surface area contributed by atoms with Crippen LogP contribution in [0.25, 0.3) is 10.2 Å². The first-order chi connectivity index (χ1) is 11.8. The summed E-state index contributed by atoms with van der Waals surface area (Å²) in [6.45, 7) is 9.36. The number of hydrogen-bond donors (Lipinski definition) is 1. The number of anilines is 1. The number of sulfonamides is 1.